The molecule has 2 aromatic carbocycles. The second-order valence-electron chi connectivity index (χ2n) is 9.91. The van der Waals surface area contributed by atoms with Gasteiger partial charge in [-0.25, -0.2) is 0 Å². The van der Waals surface area contributed by atoms with Crippen LogP contribution in [0.3, 0.4) is 0 Å². The zero-order valence-electron chi connectivity index (χ0n) is 20.7. The Morgan fingerprint density at radius 1 is 0.971 bits per heavy atom. The van der Waals surface area contributed by atoms with E-state index in [0.717, 1.165) is 35.8 Å². The molecule has 5 nitrogen and oxygen atoms in total. The van der Waals surface area contributed by atoms with Crippen molar-refractivity contribution < 1.29 is 4.79 Å². The zero-order valence-corrected chi connectivity index (χ0v) is 21.5. The maximum absolute atomic E-state index is 12.7. The van der Waals surface area contributed by atoms with Crippen molar-refractivity contribution >= 4 is 23.2 Å². The summed E-state index contributed by atoms with van der Waals surface area (Å²) in [6.07, 6.45) is 7.68. The van der Waals surface area contributed by atoms with E-state index in [2.05, 4.69) is 44.3 Å². The zero-order chi connectivity index (χ0) is 23.9. The molecule has 0 unspecified atom stereocenters. The van der Waals surface area contributed by atoms with Crippen molar-refractivity contribution in [2.24, 2.45) is 0 Å². The van der Waals surface area contributed by atoms with Crippen molar-refractivity contribution in [3.05, 3.63) is 53.1 Å². The molecular weight excluding hydrogens is 444 g/mol. The summed E-state index contributed by atoms with van der Waals surface area (Å²) in [5.74, 6) is -0.0942. The molecule has 0 saturated carbocycles. The van der Waals surface area contributed by atoms with Gasteiger partial charge in [-0.05, 0) is 100 Å². The molecule has 0 radical (unpaired) electrons. The maximum atomic E-state index is 12.7. The van der Waals surface area contributed by atoms with Crippen LogP contribution in [-0.2, 0) is 0 Å². The highest BCUT2D eigenvalue weighted by molar-refractivity contribution is 6.34. The highest BCUT2D eigenvalue weighted by atomic mass is 35.5. The van der Waals surface area contributed by atoms with Crippen LogP contribution < -0.4 is 10.2 Å². The number of carbonyl (C=O) groups excluding carboxylic acids is 1. The Bertz CT molecular complexity index is 932. The average molecular weight is 483 g/mol. The first-order valence-electron chi connectivity index (χ1n) is 12.8. The van der Waals surface area contributed by atoms with Gasteiger partial charge in [-0.15, -0.1) is 0 Å². The van der Waals surface area contributed by atoms with Crippen LogP contribution in [0.15, 0.2) is 42.5 Å². The molecule has 184 valence electrons. The molecule has 2 aliphatic heterocycles. The van der Waals surface area contributed by atoms with Gasteiger partial charge in [0.25, 0.3) is 5.91 Å². The van der Waals surface area contributed by atoms with Crippen LogP contribution >= 0.6 is 11.6 Å². The Hall–Kier alpha value is -2.08. The first-order chi connectivity index (χ1) is 16.5. The summed E-state index contributed by atoms with van der Waals surface area (Å²) in [6, 6.07) is 14.8. The lowest BCUT2D eigenvalue weighted by atomic mass is 10.00. The van der Waals surface area contributed by atoms with Gasteiger partial charge in [0.2, 0.25) is 0 Å². The molecule has 0 bridgehead atoms. The normalized spacial score (nSPS) is 18.1. The third kappa shape index (κ3) is 6.53. The van der Waals surface area contributed by atoms with Gasteiger partial charge < -0.3 is 20.0 Å². The number of piperidine rings is 2. The summed E-state index contributed by atoms with van der Waals surface area (Å²) in [6.45, 7) is 6.67. The molecule has 2 fully saturated rings. The molecule has 6 heteroatoms. The molecule has 1 N–H and O–H groups in total. The summed E-state index contributed by atoms with van der Waals surface area (Å²) in [7, 11) is 4.05. The standard InChI is InChI=1S/C28H39ClN4O/c1-31(2)24-10-7-22(8-11-24)23-9-12-26(27(29)21-23)28(34)30-15-6-16-32-19-13-25(14-20-32)33-17-4-3-5-18-33/h7-12,21,25H,3-6,13-20H2,1-2H3,(H,30,34). The third-order valence-electron chi connectivity index (χ3n) is 7.33. The number of likely N-dealkylation sites (tertiary alicyclic amines) is 2. The van der Waals surface area contributed by atoms with E-state index in [9.17, 15) is 4.79 Å². The molecule has 34 heavy (non-hydrogen) atoms. The molecule has 2 saturated heterocycles. The minimum Gasteiger partial charge on any atom is -0.378 e. The summed E-state index contributed by atoms with van der Waals surface area (Å²) in [4.78, 5) is 20.0. The Kier molecular flexibility index (Phi) is 8.87. The average Bonchev–Trinajstić information content (AvgIpc) is 2.87. The fourth-order valence-electron chi connectivity index (χ4n) is 5.22. The number of halogens is 1. The molecular formula is C28H39ClN4O. The topological polar surface area (TPSA) is 38.8 Å². The number of carbonyl (C=O) groups is 1. The number of anilines is 1. The lowest BCUT2D eigenvalue weighted by Gasteiger charge is -2.40. The van der Waals surface area contributed by atoms with E-state index in [-0.39, 0.29) is 5.91 Å². The van der Waals surface area contributed by atoms with Crippen molar-refractivity contribution in [3.8, 4) is 11.1 Å². The molecule has 2 aromatic rings. The number of nitrogens with zero attached hydrogens (tertiary/aromatic N) is 3. The molecule has 0 atom stereocenters. The number of benzene rings is 2. The van der Waals surface area contributed by atoms with Crippen LogP contribution in [0.5, 0.6) is 0 Å². The van der Waals surface area contributed by atoms with Crippen molar-refractivity contribution in [3.63, 3.8) is 0 Å². The summed E-state index contributed by atoms with van der Waals surface area (Å²) >= 11 is 6.49. The van der Waals surface area contributed by atoms with E-state index in [1.54, 1.807) is 0 Å². The Balaban J connectivity index is 1.20. The lowest BCUT2D eigenvalue weighted by Crippen LogP contribution is -2.47. The molecule has 2 heterocycles. The maximum Gasteiger partial charge on any atom is 0.252 e. The Morgan fingerprint density at radius 3 is 2.29 bits per heavy atom. The van der Waals surface area contributed by atoms with Gasteiger partial charge in [0.05, 0.1) is 10.6 Å². The van der Waals surface area contributed by atoms with Crippen molar-refractivity contribution in [1.82, 2.24) is 15.1 Å². The fourth-order valence-corrected chi connectivity index (χ4v) is 5.49. The van der Waals surface area contributed by atoms with E-state index in [4.69, 9.17) is 11.6 Å². The minimum absolute atomic E-state index is 0.0942. The Labute approximate surface area is 210 Å². The van der Waals surface area contributed by atoms with Crippen LogP contribution in [0.2, 0.25) is 5.02 Å². The van der Waals surface area contributed by atoms with Gasteiger partial charge in [-0.2, -0.15) is 0 Å². The second kappa shape index (κ2) is 12.1. The first-order valence-corrected chi connectivity index (χ1v) is 13.2. The van der Waals surface area contributed by atoms with Crippen LogP contribution in [0.25, 0.3) is 11.1 Å². The fraction of sp³-hybridized carbons (Fsp3) is 0.536. The predicted octanol–water partition coefficient (Wildman–Crippen LogP) is 5.14. The highest BCUT2D eigenvalue weighted by Crippen LogP contribution is 2.27. The summed E-state index contributed by atoms with van der Waals surface area (Å²) < 4.78 is 0. The van der Waals surface area contributed by atoms with Crippen molar-refractivity contribution in [2.75, 3.05) is 58.3 Å². The summed E-state index contributed by atoms with van der Waals surface area (Å²) in [5, 5.41) is 3.55. The SMILES string of the molecule is CN(C)c1ccc(-c2ccc(C(=O)NCCCN3CCC(N4CCCCC4)CC3)c(Cl)c2)cc1. The van der Waals surface area contributed by atoms with E-state index in [1.807, 2.05) is 32.3 Å². The molecule has 1 amide bonds. The third-order valence-corrected chi connectivity index (χ3v) is 7.64. The molecule has 0 spiro atoms. The van der Waals surface area contributed by atoms with Crippen LogP contribution in [0.1, 0.15) is 48.9 Å². The van der Waals surface area contributed by atoms with Crippen molar-refractivity contribution in [2.45, 2.75) is 44.6 Å². The Morgan fingerprint density at radius 2 is 1.65 bits per heavy atom. The number of rotatable bonds is 8. The molecule has 2 aliphatic rings. The molecule has 0 aromatic heterocycles. The van der Waals surface area contributed by atoms with Gasteiger partial charge in [0, 0.05) is 32.4 Å². The predicted molar refractivity (Wildman–Crippen MR) is 143 cm³/mol. The van der Waals surface area contributed by atoms with E-state index in [0.29, 0.717) is 17.1 Å². The monoisotopic (exact) mass is 482 g/mol. The first kappa shape index (κ1) is 25.0. The van der Waals surface area contributed by atoms with Gasteiger partial charge >= 0.3 is 0 Å². The van der Waals surface area contributed by atoms with E-state index in [1.165, 1.54) is 58.3 Å². The minimum atomic E-state index is -0.0942. The number of hydrogen-bond acceptors (Lipinski definition) is 4. The van der Waals surface area contributed by atoms with Crippen LogP contribution in [0.4, 0.5) is 5.69 Å². The smallest absolute Gasteiger partial charge is 0.252 e. The number of nitrogens with one attached hydrogen (secondary N) is 1. The molecule has 0 aliphatic carbocycles. The van der Waals surface area contributed by atoms with Crippen molar-refractivity contribution in [1.29, 1.82) is 0 Å². The van der Waals surface area contributed by atoms with Gasteiger partial charge in [-0.3, -0.25) is 4.79 Å². The molecule has 4 rings (SSSR count). The van der Waals surface area contributed by atoms with E-state index >= 15 is 0 Å². The second-order valence-corrected chi connectivity index (χ2v) is 10.3. The number of amides is 1. The van der Waals surface area contributed by atoms with E-state index < -0.39 is 0 Å². The van der Waals surface area contributed by atoms with Gasteiger partial charge in [-0.1, -0.05) is 36.2 Å². The largest absolute Gasteiger partial charge is 0.378 e. The van der Waals surface area contributed by atoms with Crippen LogP contribution in [0, 0.1) is 0 Å². The highest BCUT2D eigenvalue weighted by Gasteiger charge is 2.25. The number of hydrogen-bond donors (Lipinski definition) is 1. The van der Waals surface area contributed by atoms with Gasteiger partial charge in [0.15, 0.2) is 0 Å². The quantitative estimate of drug-likeness (QED) is 0.528. The van der Waals surface area contributed by atoms with Gasteiger partial charge in [0.1, 0.15) is 0 Å². The lowest BCUT2D eigenvalue weighted by molar-refractivity contribution is 0.0903. The summed E-state index contributed by atoms with van der Waals surface area (Å²) in [5.41, 5.74) is 3.79. The van der Waals surface area contributed by atoms with Crippen LogP contribution in [-0.4, -0.2) is 75.1 Å².